The van der Waals surface area contributed by atoms with E-state index in [1.807, 2.05) is 0 Å². The van der Waals surface area contributed by atoms with Gasteiger partial charge in [0.05, 0.1) is 36.0 Å². The van der Waals surface area contributed by atoms with Crippen molar-refractivity contribution in [1.29, 1.82) is 0 Å². The Morgan fingerprint density at radius 2 is 2.16 bits per heavy atom. The van der Waals surface area contributed by atoms with Crippen molar-refractivity contribution in [2.45, 2.75) is 4.90 Å². The molecule has 1 atom stereocenters. The van der Waals surface area contributed by atoms with Gasteiger partial charge in [0.15, 0.2) is 0 Å². The number of anilines is 1. The molecule has 106 valence electrons. The summed E-state index contributed by atoms with van der Waals surface area (Å²) in [5, 5.41) is 0. The molecule has 0 aliphatic carbocycles. The SMILES string of the molecule is COc1ccc(N)c(S(=O)CCN2CCOCC2)c1. The summed E-state index contributed by atoms with van der Waals surface area (Å²) in [6.07, 6.45) is 0. The van der Waals surface area contributed by atoms with Gasteiger partial charge < -0.3 is 15.2 Å². The number of morpholine rings is 1. The van der Waals surface area contributed by atoms with E-state index >= 15 is 0 Å². The zero-order valence-corrected chi connectivity index (χ0v) is 11.9. The van der Waals surface area contributed by atoms with E-state index in [0.717, 1.165) is 32.8 Å². The predicted octanol–water partition coefficient (Wildman–Crippen LogP) is 0.717. The number of rotatable bonds is 5. The van der Waals surface area contributed by atoms with Gasteiger partial charge in [-0.3, -0.25) is 9.11 Å². The van der Waals surface area contributed by atoms with Crippen LogP contribution in [0.3, 0.4) is 0 Å². The molecule has 1 fully saturated rings. The molecule has 1 heterocycles. The molecule has 1 aromatic carbocycles. The highest BCUT2D eigenvalue weighted by Gasteiger charge is 2.14. The topological polar surface area (TPSA) is 64.8 Å². The van der Waals surface area contributed by atoms with Crippen molar-refractivity contribution in [3.63, 3.8) is 0 Å². The van der Waals surface area contributed by atoms with Crippen molar-refractivity contribution in [2.75, 3.05) is 51.4 Å². The molecule has 0 bridgehead atoms. The van der Waals surface area contributed by atoms with Gasteiger partial charge >= 0.3 is 0 Å². The fraction of sp³-hybridized carbons (Fsp3) is 0.538. The lowest BCUT2D eigenvalue weighted by molar-refractivity contribution is 0.0409. The molecular formula is C13H20N2O3S. The number of nitrogen functional groups attached to an aromatic ring is 1. The monoisotopic (exact) mass is 284 g/mol. The number of nitrogens with two attached hydrogens (primary N) is 1. The Labute approximate surface area is 116 Å². The van der Waals surface area contributed by atoms with Crippen molar-refractivity contribution in [2.24, 2.45) is 0 Å². The van der Waals surface area contributed by atoms with Crippen molar-refractivity contribution < 1.29 is 13.7 Å². The van der Waals surface area contributed by atoms with Crippen molar-refractivity contribution >= 4 is 16.5 Å². The molecule has 1 aromatic rings. The lowest BCUT2D eigenvalue weighted by atomic mass is 10.3. The van der Waals surface area contributed by atoms with Gasteiger partial charge in [-0.1, -0.05) is 0 Å². The maximum absolute atomic E-state index is 12.3. The maximum atomic E-state index is 12.3. The van der Waals surface area contributed by atoms with Gasteiger partial charge in [-0.05, 0) is 18.2 Å². The average Bonchev–Trinajstić information content (AvgIpc) is 2.46. The first-order valence-electron chi connectivity index (χ1n) is 6.32. The first-order valence-corrected chi connectivity index (χ1v) is 7.64. The second-order valence-corrected chi connectivity index (χ2v) is 5.95. The molecule has 5 nitrogen and oxygen atoms in total. The maximum Gasteiger partial charge on any atom is 0.120 e. The van der Waals surface area contributed by atoms with E-state index in [9.17, 15) is 4.21 Å². The van der Waals surface area contributed by atoms with Crippen molar-refractivity contribution in [3.05, 3.63) is 18.2 Å². The van der Waals surface area contributed by atoms with Gasteiger partial charge in [0.25, 0.3) is 0 Å². The Bertz CT molecular complexity index is 448. The highest BCUT2D eigenvalue weighted by molar-refractivity contribution is 7.85. The van der Waals surface area contributed by atoms with Crippen LogP contribution in [-0.2, 0) is 15.5 Å². The van der Waals surface area contributed by atoms with Crippen LogP contribution in [0.4, 0.5) is 5.69 Å². The van der Waals surface area contributed by atoms with Gasteiger partial charge in [0.2, 0.25) is 0 Å². The van der Waals surface area contributed by atoms with E-state index in [1.54, 1.807) is 25.3 Å². The van der Waals surface area contributed by atoms with Crippen LogP contribution in [0.25, 0.3) is 0 Å². The number of ether oxygens (including phenoxy) is 2. The molecule has 6 heteroatoms. The fourth-order valence-corrected chi connectivity index (χ4v) is 3.21. The van der Waals surface area contributed by atoms with Crippen LogP contribution >= 0.6 is 0 Å². The fourth-order valence-electron chi connectivity index (χ4n) is 1.99. The van der Waals surface area contributed by atoms with Crippen LogP contribution in [0.2, 0.25) is 0 Å². The summed E-state index contributed by atoms with van der Waals surface area (Å²) < 4.78 is 22.7. The molecule has 2 rings (SSSR count). The van der Waals surface area contributed by atoms with Crippen LogP contribution in [0.1, 0.15) is 0 Å². The van der Waals surface area contributed by atoms with Crippen LogP contribution in [0.15, 0.2) is 23.1 Å². The number of methoxy groups -OCH3 is 1. The first-order chi connectivity index (χ1) is 9.20. The molecule has 1 aliphatic rings. The van der Waals surface area contributed by atoms with Gasteiger partial charge in [0, 0.05) is 31.1 Å². The standard InChI is InChI=1S/C13H20N2O3S/c1-17-11-2-3-12(14)13(10-11)19(16)9-6-15-4-7-18-8-5-15/h2-3,10H,4-9,14H2,1H3. The third kappa shape index (κ3) is 3.92. The number of hydrogen-bond acceptors (Lipinski definition) is 5. The predicted molar refractivity (Wildman–Crippen MR) is 75.9 cm³/mol. The summed E-state index contributed by atoms with van der Waals surface area (Å²) in [6.45, 7) is 4.13. The van der Waals surface area contributed by atoms with Crippen LogP contribution < -0.4 is 10.5 Å². The molecular weight excluding hydrogens is 264 g/mol. The van der Waals surface area contributed by atoms with Crippen LogP contribution in [0, 0.1) is 0 Å². The smallest absolute Gasteiger partial charge is 0.120 e. The Balaban J connectivity index is 1.95. The van der Waals surface area contributed by atoms with E-state index in [-0.39, 0.29) is 0 Å². The van der Waals surface area contributed by atoms with E-state index in [2.05, 4.69) is 4.90 Å². The second kappa shape index (κ2) is 6.88. The van der Waals surface area contributed by atoms with Crippen molar-refractivity contribution in [1.82, 2.24) is 4.90 Å². The normalized spacial score (nSPS) is 18.2. The van der Waals surface area contributed by atoms with Gasteiger partial charge in [-0.2, -0.15) is 0 Å². The minimum atomic E-state index is -1.10. The summed E-state index contributed by atoms with van der Waals surface area (Å²) in [6, 6.07) is 5.27. The Morgan fingerprint density at radius 1 is 1.42 bits per heavy atom. The van der Waals surface area contributed by atoms with Crippen molar-refractivity contribution in [3.8, 4) is 5.75 Å². The van der Waals surface area contributed by atoms with E-state index in [1.165, 1.54) is 0 Å². The number of nitrogens with zero attached hydrogens (tertiary/aromatic N) is 1. The zero-order chi connectivity index (χ0) is 13.7. The van der Waals surface area contributed by atoms with Gasteiger partial charge in [0.1, 0.15) is 5.75 Å². The zero-order valence-electron chi connectivity index (χ0n) is 11.1. The van der Waals surface area contributed by atoms with Gasteiger partial charge in [-0.25, -0.2) is 0 Å². The Hall–Kier alpha value is -1.11. The number of hydrogen-bond donors (Lipinski definition) is 1. The highest BCUT2D eigenvalue weighted by Crippen LogP contribution is 2.22. The quantitative estimate of drug-likeness (QED) is 0.807. The molecule has 1 saturated heterocycles. The van der Waals surface area contributed by atoms with Crippen LogP contribution in [-0.4, -0.2) is 54.8 Å². The number of benzene rings is 1. The summed E-state index contributed by atoms with van der Waals surface area (Å²) in [7, 11) is 0.493. The Morgan fingerprint density at radius 3 is 2.84 bits per heavy atom. The summed E-state index contributed by atoms with van der Waals surface area (Å²) in [4.78, 5) is 2.92. The summed E-state index contributed by atoms with van der Waals surface area (Å²) in [5.74, 6) is 1.26. The summed E-state index contributed by atoms with van der Waals surface area (Å²) >= 11 is 0. The minimum Gasteiger partial charge on any atom is -0.497 e. The largest absolute Gasteiger partial charge is 0.497 e. The molecule has 0 spiro atoms. The van der Waals surface area contributed by atoms with E-state index in [0.29, 0.717) is 22.1 Å². The third-order valence-electron chi connectivity index (χ3n) is 3.16. The van der Waals surface area contributed by atoms with Gasteiger partial charge in [-0.15, -0.1) is 0 Å². The van der Waals surface area contributed by atoms with E-state index in [4.69, 9.17) is 15.2 Å². The average molecular weight is 284 g/mol. The molecule has 1 unspecified atom stereocenters. The minimum absolute atomic E-state index is 0.557. The molecule has 0 amide bonds. The molecule has 0 saturated carbocycles. The Kier molecular flexibility index (Phi) is 5.18. The lowest BCUT2D eigenvalue weighted by Crippen LogP contribution is -2.38. The van der Waals surface area contributed by atoms with E-state index < -0.39 is 10.8 Å². The summed E-state index contributed by atoms with van der Waals surface area (Å²) in [5.41, 5.74) is 6.43. The third-order valence-corrected chi connectivity index (χ3v) is 4.56. The molecule has 2 N–H and O–H groups in total. The lowest BCUT2D eigenvalue weighted by Gasteiger charge is -2.26. The molecule has 19 heavy (non-hydrogen) atoms. The molecule has 0 aromatic heterocycles. The highest BCUT2D eigenvalue weighted by atomic mass is 32.2. The molecule has 1 aliphatic heterocycles. The molecule has 0 radical (unpaired) electrons. The second-order valence-electron chi connectivity index (χ2n) is 4.41. The first kappa shape index (κ1) is 14.3. The van der Waals surface area contributed by atoms with Crippen LogP contribution in [0.5, 0.6) is 5.75 Å².